The van der Waals surface area contributed by atoms with Gasteiger partial charge in [0.2, 0.25) is 10.0 Å². The van der Waals surface area contributed by atoms with Crippen molar-refractivity contribution in [2.24, 2.45) is 11.1 Å². The lowest BCUT2D eigenvalue weighted by Crippen LogP contribution is -2.26. The molecule has 1 rings (SSSR count). The number of hydrogen-bond donors (Lipinski definition) is 2. The number of hydrogen-bond acceptors (Lipinski definition) is 4. The highest BCUT2D eigenvalue weighted by Crippen LogP contribution is 2.37. The molecule has 3 atom stereocenters. The first-order valence-corrected chi connectivity index (χ1v) is 8.64. The van der Waals surface area contributed by atoms with Crippen LogP contribution in [0.3, 0.4) is 0 Å². The van der Waals surface area contributed by atoms with Gasteiger partial charge in [0.25, 0.3) is 0 Å². The number of sulfonamides is 1. The van der Waals surface area contributed by atoms with Crippen LogP contribution >= 0.6 is 11.3 Å². The third-order valence-corrected chi connectivity index (χ3v) is 5.82. The molecule has 0 spiro atoms. The van der Waals surface area contributed by atoms with E-state index < -0.39 is 16.1 Å². The molecule has 0 fully saturated rings. The van der Waals surface area contributed by atoms with Crippen LogP contribution < -0.4 is 5.14 Å². The lowest BCUT2D eigenvalue weighted by Gasteiger charge is -2.27. The van der Waals surface area contributed by atoms with E-state index in [0.29, 0.717) is 12.0 Å². The summed E-state index contributed by atoms with van der Waals surface area (Å²) in [5.41, 5.74) is 0.621. The number of nitrogens with two attached hydrogens (primary N) is 1. The summed E-state index contributed by atoms with van der Waals surface area (Å²) >= 11 is 1.10. The fourth-order valence-electron chi connectivity index (χ4n) is 2.25. The minimum Gasteiger partial charge on any atom is -0.392 e. The van der Waals surface area contributed by atoms with E-state index >= 15 is 0 Å². The van der Waals surface area contributed by atoms with E-state index in [1.54, 1.807) is 17.5 Å². The van der Waals surface area contributed by atoms with E-state index in [-0.39, 0.29) is 16.0 Å². The Kier molecular flexibility index (Phi) is 5.73. The van der Waals surface area contributed by atoms with Crippen LogP contribution in [0.2, 0.25) is 0 Å². The minimum absolute atomic E-state index is 0.154. The Morgan fingerprint density at radius 3 is 2.68 bits per heavy atom. The molecule has 0 saturated heterocycles. The van der Waals surface area contributed by atoms with Crippen LogP contribution in [-0.2, 0) is 10.0 Å². The van der Waals surface area contributed by atoms with Crippen LogP contribution in [0.4, 0.5) is 0 Å². The normalized spacial score (nSPS) is 16.8. The van der Waals surface area contributed by atoms with Gasteiger partial charge in [0.05, 0.1) is 6.10 Å². The molecule has 1 heterocycles. The zero-order valence-electron chi connectivity index (χ0n) is 11.2. The van der Waals surface area contributed by atoms with Crippen molar-refractivity contribution in [3.8, 4) is 0 Å². The van der Waals surface area contributed by atoms with E-state index in [0.717, 1.165) is 17.8 Å². The molecule has 6 heteroatoms. The number of aliphatic hydroxyl groups is 1. The molecule has 0 amide bonds. The molecule has 0 aliphatic rings. The summed E-state index contributed by atoms with van der Waals surface area (Å²) in [7, 11) is -3.74. The molecule has 108 valence electrons. The Morgan fingerprint density at radius 1 is 1.58 bits per heavy atom. The van der Waals surface area contributed by atoms with Crippen LogP contribution in [0.1, 0.15) is 38.2 Å². The second kappa shape index (κ2) is 6.65. The molecule has 0 aliphatic heterocycles. The van der Waals surface area contributed by atoms with Crippen LogP contribution in [0, 0.1) is 5.92 Å². The molecule has 0 saturated carbocycles. The summed E-state index contributed by atoms with van der Waals surface area (Å²) in [6.45, 7) is 7.64. The van der Waals surface area contributed by atoms with Crippen molar-refractivity contribution < 1.29 is 13.5 Å². The monoisotopic (exact) mass is 303 g/mol. The van der Waals surface area contributed by atoms with Gasteiger partial charge >= 0.3 is 0 Å². The van der Waals surface area contributed by atoms with Crippen molar-refractivity contribution in [1.29, 1.82) is 0 Å². The van der Waals surface area contributed by atoms with Crippen molar-refractivity contribution in [3.63, 3.8) is 0 Å². The van der Waals surface area contributed by atoms with Gasteiger partial charge in [-0.2, -0.15) is 0 Å². The molecule has 0 aromatic carbocycles. The van der Waals surface area contributed by atoms with Gasteiger partial charge < -0.3 is 5.11 Å². The molecule has 0 radical (unpaired) electrons. The van der Waals surface area contributed by atoms with Crippen LogP contribution in [0.15, 0.2) is 28.3 Å². The summed E-state index contributed by atoms with van der Waals surface area (Å²) in [5.74, 6) is -0.0902. The van der Waals surface area contributed by atoms with Crippen molar-refractivity contribution >= 4 is 21.4 Å². The number of rotatable bonds is 7. The van der Waals surface area contributed by atoms with E-state index in [9.17, 15) is 13.5 Å². The maximum absolute atomic E-state index is 11.6. The first kappa shape index (κ1) is 16.4. The highest BCUT2D eigenvalue weighted by atomic mass is 32.2. The third-order valence-electron chi connectivity index (χ3n) is 3.36. The molecular weight excluding hydrogens is 282 g/mol. The largest absolute Gasteiger partial charge is 0.392 e. The van der Waals surface area contributed by atoms with Crippen LogP contribution in [0.5, 0.6) is 0 Å². The smallest absolute Gasteiger partial charge is 0.247 e. The van der Waals surface area contributed by atoms with E-state index in [1.807, 2.05) is 13.8 Å². The SMILES string of the molecule is C=CCC(O)[C@H](c1ccsc1S(N)(=O)=O)[C@@H](C)CC. The highest BCUT2D eigenvalue weighted by Gasteiger charge is 2.30. The molecule has 0 aliphatic carbocycles. The third kappa shape index (κ3) is 3.89. The van der Waals surface area contributed by atoms with Crippen molar-refractivity contribution in [2.75, 3.05) is 0 Å². The fraction of sp³-hybridized carbons (Fsp3) is 0.538. The molecule has 1 unspecified atom stereocenters. The Morgan fingerprint density at radius 2 is 2.21 bits per heavy atom. The first-order chi connectivity index (χ1) is 8.82. The molecular formula is C13H21NO3S2. The van der Waals surface area contributed by atoms with Crippen molar-refractivity contribution in [1.82, 2.24) is 0 Å². The van der Waals surface area contributed by atoms with Gasteiger partial charge in [-0.25, -0.2) is 13.6 Å². The second-order valence-corrected chi connectivity index (χ2v) is 7.38. The predicted molar refractivity (Wildman–Crippen MR) is 78.7 cm³/mol. The zero-order chi connectivity index (χ0) is 14.6. The van der Waals surface area contributed by atoms with Gasteiger partial charge in [0.1, 0.15) is 4.21 Å². The molecule has 19 heavy (non-hydrogen) atoms. The standard InChI is InChI=1S/C13H21NO3S2/c1-4-6-11(15)12(9(3)5-2)10-7-8-18-13(10)19(14,16)17/h4,7-9,11-12,15H,1,5-6H2,2-3H3,(H2,14,16,17)/t9-,11?,12-/m0/s1. The maximum atomic E-state index is 11.6. The summed E-state index contributed by atoms with van der Waals surface area (Å²) in [6, 6.07) is 1.74. The minimum atomic E-state index is -3.74. The number of aliphatic hydroxyl groups excluding tert-OH is 1. The topological polar surface area (TPSA) is 80.4 Å². The van der Waals surface area contributed by atoms with Crippen molar-refractivity contribution in [2.45, 2.75) is 42.9 Å². The quantitative estimate of drug-likeness (QED) is 0.759. The molecule has 4 nitrogen and oxygen atoms in total. The number of thiophene rings is 1. The van der Waals surface area contributed by atoms with Gasteiger partial charge in [-0.15, -0.1) is 17.9 Å². The Hall–Kier alpha value is -0.690. The second-order valence-electron chi connectivity index (χ2n) is 4.71. The van der Waals surface area contributed by atoms with Crippen LogP contribution in [0.25, 0.3) is 0 Å². The van der Waals surface area contributed by atoms with Gasteiger partial charge in [-0.05, 0) is 29.3 Å². The summed E-state index contributed by atoms with van der Waals surface area (Å²) < 4.78 is 23.3. The molecule has 1 aromatic rings. The molecule has 3 N–H and O–H groups in total. The Balaban J connectivity index is 3.26. The lowest BCUT2D eigenvalue weighted by atomic mass is 9.81. The maximum Gasteiger partial charge on any atom is 0.247 e. The van der Waals surface area contributed by atoms with Crippen LogP contribution in [-0.4, -0.2) is 19.6 Å². The van der Waals surface area contributed by atoms with Gasteiger partial charge in [0.15, 0.2) is 0 Å². The summed E-state index contributed by atoms with van der Waals surface area (Å²) in [4.78, 5) is 0. The molecule has 0 bridgehead atoms. The zero-order valence-corrected chi connectivity index (χ0v) is 12.9. The average Bonchev–Trinajstić information content (AvgIpc) is 2.78. The Labute approximate surface area is 119 Å². The number of primary sulfonamides is 1. The average molecular weight is 303 g/mol. The van der Waals surface area contributed by atoms with E-state index in [1.165, 1.54) is 0 Å². The van der Waals surface area contributed by atoms with Gasteiger partial charge in [0, 0.05) is 5.92 Å². The predicted octanol–water partition coefficient (Wildman–Crippen LogP) is 2.46. The fourth-order valence-corrected chi connectivity index (χ4v) is 4.16. The van der Waals surface area contributed by atoms with Gasteiger partial charge in [-0.3, -0.25) is 0 Å². The summed E-state index contributed by atoms with van der Waals surface area (Å²) in [5, 5.41) is 17.2. The lowest BCUT2D eigenvalue weighted by molar-refractivity contribution is 0.119. The van der Waals surface area contributed by atoms with E-state index in [4.69, 9.17) is 5.14 Å². The first-order valence-electron chi connectivity index (χ1n) is 6.22. The van der Waals surface area contributed by atoms with Crippen molar-refractivity contribution in [3.05, 3.63) is 29.7 Å². The Bertz CT molecular complexity index is 522. The van der Waals surface area contributed by atoms with Gasteiger partial charge in [-0.1, -0.05) is 26.3 Å². The highest BCUT2D eigenvalue weighted by molar-refractivity contribution is 7.91. The molecule has 1 aromatic heterocycles. The summed E-state index contributed by atoms with van der Waals surface area (Å²) in [6.07, 6.45) is 2.26. The van der Waals surface area contributed by atoms with E-state index in [2.05, 4.69) is 6.58 Å².